The second kappa shape index (κ2) is 6.58. The lowest BCUT2D eigenvalue weighted by molar-refractivity contribution is 0.504. The van der Waals surface area contributed by atoms with Crippen LogP contribution in [0.3, 0.4) is 0 Å². The minimum Gasteiger partial charge on any atom is -0.439 e. The smallest absolute Gasteiger partial charge is 0.210 e. The largest absolute Gasteiger partial charge is 0.439 e. The van der Waals surface area contributed by atoms with Crippen molar-refractivity contribution in [2.75, 3.05) is 0 Å². The maximum Gasteiger partial charge on any atom is 0.210 e. The highest BCUT2D eigenvalue weighted by Gasteiger charge is 2.25. The van der Waals surface area contributed by atoms with E-state index in [9.17, 15) is 4.21 Å². The number of aromatic nitrogens is 1. The first-order chi connectivity index (χ1) is 10.7. The molecule has 0 aliphatic rings. The molecule has 1 aromatic carbocycles. The van der Waals surface area contributed by atoms with Crippen molar-refractivity contribution in [2.24, 2.45) is 0 Å². The molecule has 114 valence electrons. The van der Waals surface area contributed by atoms with Crippen LogP contribution in [0.1, 0.15) is 35.1 Å². The quantitative estimate of drug-likeness (QED) is 0.662. The zero-order chi connectivity index (χ0) is 15.5. The molecule has 0 fully saturated rings. The summed E-state index contributed by atoms with van der Waals surface area (Å²) in [5, 5.41) is 1.74. The van der Waals surface area contributed by atoms with Crippen molar-refractivity contribution in [1.29, 1.82) is 0 Å². The molecule has 0 aliphatic heterocycles. The van der Waals surface area contributed by atoms with Gasteiger partial charge < -0.3 is 4.42 Å². The van der Waals surface area contributed by atoms with E-state index >= 15 is 0 Å². The monoisotopic (exact) mass is 331 g/mol. The van der Waals surface area contributed by atoms with Crippen molar-refractivity contribution in [3.8, 4) is 11.3 Å². The Bertz CT molecular complexity index is 750. The molecule has 2 heterocycles. The van der Waals surface area contributed by atoms with Gasteiger partial charge in [-0.3, -0.25) is 4.21 Å². The maximum absolute atomic E-state index is 12.7. The van der Waals surface area contributed by atoms with Crippen LogP contribution in [-0.4, -0.2) is 9.19 Å². The molecule has 0 saturated carbocycles. The van der Waals surface area contributed by atoms with Crippen molar-refractivity contribution >= 4 is 22.1 Å². The van der Waals surface area contributed by atoms with Crippen LogP contribution in [0.5, 0.6) is 0 Å². The average molecular weight is 331 g/mol. The molecule has 3 nitrogen and oxygen atoms in total. The highest BCUT2D eigenvalue weighted by atomic mass is 32.2. The van der Waals surface area contributed by atoms with Crippen molar-refractivity contribution in [2.45, 2.75) is 24.3 Å². The minimum atomic E-state index is -1.08. The molecule has 5 heteroatoms. The van der Waals surface area contributed by atoms with E-state index in [0.29, 0.717) is 11.7 Å². The molecular formula is C17H17NO2S2. The van der Waals surface area contributed by atoms with Gasteiger partial charge in [-0.25, -0.2) is 4.98 Å². The highest BCUT2D eigenvalue weighted by Crippen LogP contribution is 2.33. The number of hydrogen-bond acceptors (Lipinski definition) is 4. The normalized spacial score (nSPS) is 15.4. The molecule has 0 radical (unpaired) electrons. The zero-order valence-electron chi connectivity index (χ0n) is 12.4. The molecule has 3 aromatic rings. The first-order valence-corrected chi connectivity index (χ1v) is 9.26. The van der Waals surface area contributed by atoms with Crippen LogP contribution < -0.4 is 0 Å². The summed E-state index contributed by atoms with van der Waals surface area (Å²) in [7, 11) is -1.08. The third-order valence-corrected chi connectivity index (χ3v) is 6.62. The Morgan fingerprint density at radius 2 is 1.86 bits per heavy atom. The van der Waals surface area contributed by atoms with Gasteiger partial charge in [-0.15, -0.1) is 11.3 Å². The van der Waals surface area contributed by atoms with E-state index in [1.165, 1.54) is 0 Å². The number of benzene rings is 1. The molecular weight excluding hydrogens is 314 g/mol. The molecule has 0 aliphatic carbocycles. The SMILES string of the molecule is CC(c1ncc(-c2ccccc2)o1)S(=O)C(C)c1cccs1. The maximum atomic E-state index is 12.7. The topological polar surface area (TPSA) is 43.1 Å². The number of rotatable bonds is 5. The molecule has 0 spiro atoms. The van der Waals surface area contributed by atoms with Gasteiger partial charge in [0.05, 0.1) is 11.4 Å². The van der Waals surface area contributed by atoms with Gasteiger partial charge in [-0.05, 0) is 25.3 Å². The van der Waals surface area contributed by atoms with Crippen molar-refractivity contribution in [1.82, 2.24) is 4.98 Å². The predicted octanol–water partition coefficient (Wildman–Crippen LogP) is 4.97. The van der Waals surface area contributed by atoms with Gasteiger partial charge in [-0.1, -0.05) is 36.4 Å². The molecule has 2 aromatic heterocycles. The van der Waals surface area contributed by atoms with Crippen LogP contribution in [-0.2, 0) is 10.8 Å². The summed E-state index contributed by atoms with van der Waals surface area (Å²) in [6, 6.07) is 13.8. The second-order valence-corrected chi connectivity index (χ2v) is 8.11. The van der Waals surface area contributed by atoms with Gasteiger partial charge >= 0.3 is 0 Å². The Labute approximate surface area is 136 Å². The summed E-state index contributed by atoms with van der Waals surface area (Å²) in [5.74, 6) is 1.24. The number of thiophene rings is 1. The van der Waals surface area contributed by atoms with Crippen LogP contribution >= 0.6 is 11.3 Å². The molecule has 3 unspecified atom stereocenters. The Morgan fingerprint density at radius 1 is 1.09 bits per heavy atom. The fourth-order valence-electron chi connectivity index (χ4n) is 2.25. The summed E-state index contributed by atoms with van der Waals surface area (Å²) in [6.07, 6.45) is 1.70. The van der Waals surface area contributed by atoms with Gasteiger partial charge in [0.1, 0.15) is 5.25 Å². The fourth-order valence-corrected chi connectivity index (χ4v) is 4.60. The molecule has 22 heavy (non-hydrogen) atoms. The van der Waals surface area contributed by atoms with Crippen molar-refractivity contribution in [3.05, 3.63) is 64.8 Å². The predicted molar refractivity (Wildman–Crippen MR) is 91.2 cm³/mol. The molecule has 3 rings (SSSR count). The summed E-state index contributed by atoms with van der Waals surface area (Å²) in [4.78, 5) is 5.45. The van der Waals surface area contributed by atoms with Gasteiger partial charge in [0.2, 0.25) is 5.89 Å². The average Bonchev–Trinajstić information content (AvgIpc) is 3.25. The standard InChI is InChI=1S/C17H17NO2S2/c1-12(16-9-6-10-21-16)22(19)13(2)17-18-11-15(20-17)14-7-4-3-5-8-14/h3-13H,1-2H3. The number of oxazole rings is 1. The minimum absolute atomic E-state index is 0.0259. The second-order valence-electron chi connectivity index (χ2n) is 5.06. The van der Waals surface area contributed by atoms with Crippen LogP contribution in [0.4, 0.5) is 0 Å². The lowest BCUT2D eigenvalue weighted by atomic mass is 10.2. The van der Waals surface area contributed by atoms with Gasteiger partial charge in [0.15, 0.2) is 5.76 Å². The summed E-state index contributed by atoms with van der Waals surface area (Å²) in [5.41, 5.74) is 0.977. The van der Waals surface area contributed by atoms with Gasteiger partial charge in [0.25, 0.3) is 0 Å². The van der Waals surface area contributed by atoms with E-state index < -0.39 is 10.8 Å². The van der Waals surface area contributed by atoms with E-state index in [2.05, 4.69) is 4.98 Å². The van der Waals surface area contributed by atoms with Crippen LogP contribution in [0, 0.1) is 0 Å². The van der Waals surface area contributed by atoms with Gasteiger partial charge in [0, 0.05) is 21.2 Å². The summed E-state index contributed by atoms with van der Waals surface area (Å²) >= 11 is 1.63. The lowest BCUT2D eigenvalue weighted by Crippen LogP contribution is -2.09. The Kier molecular flexibility index (Phi) is 4.55. The lowest BCUT2D eigenvalue weighted by Gasteiger charge is -2.13. The third kappa shape index (κ3) is 3.05. The fraction of sp³-hybridized carbons (Fsp3) is 0.235. The van der Waals surface area contributed by atoms with E-state index in [1.807, 2.05) is 61.7 Å². The van der Waals surface area contributed by atoms with Crippen molar-refractivity contribution in [3.63, 3.8) is 0 Å². The van der Waals surface area contributed by atoms with E-state index in [-0.39, 0.29) is 10.5 Å². The summed E-state index contributed by atoms with van der Waals surface area (Å²) in [6.45, 7) is 3.89. The molecule has 3 atom stereocenters. The zero-order valence-corrected chi connectivity index (χ0v) is 14.1. The van der Waals surface area contributed by atoms with Crippen LogP contribution in [0.2, 0.25) is 0 Å². The highest BCUT2D eigenvalue weighted by molar-refractivity contribution is 7.85. The van der Waals surface area contributed by atoms with E-state index in [4.69, 9.17) is 4.42 Å². The van der Waals surface area contributed by atoms with Crippen LogP contribution in [0.15, 0.2) is 58.5 Å². The van der Waals surface area contributed by atoms with Gasteiger partial charge in [-0.2, -0.15) is 0 Å². The molecule has 0 saturated heterocycles. The van der Waals surface area contributed by atoms with E-state index in [0.717, 1.165) is 10.4 Å². The van der Waals surface area contributed by atoms with E-state index in [1.54, 1.807) is 17.5 Å². The molecule has 0 bridgehead atoms. The molecule has 0 amide bonds. The number of nitrogens with zero attached hydrogens (tertiary/aromatic N) is 1. The van der Waals surface area contributed by atoms with Crippen LogP contribution in [0.25, 0.3) is 11.3 Å². The number of hydrogen-bond donors (Lipinski definition) is 0. The summed E-state index contributed by atoms with van der Waals surface area (Å²) < 4.78 is 18.5. The molecule has 0 N–H and O–H groups in total. The first-order valence-electron chi connectivity index (χ1n) is 7.10. The van der Waals surface area contributed by atoms with Crippen molar-refractivity contribution < 1.29 is 8.63 Å². The third-order valence-electron chi connectivity index (χ3n) is 3.57. The Morgan fingerprint density at radius 3 is 2.55 bits per heavy atom. The Hall–Kier alpha value is -1.72. The first kappa shape index (κ1) is 15.2. The Balaban J connectivity index is 1.79.